The van der Waals surface area contributed by atoms with Crippen molar-refractivity contribution in [1.29, 1.82) is 0 Å². The summed E-state index contributed by atoms with van der Waals surface area (Å²) >= 11 is 0. The molecule has 3 aliphatic rings. The molecule has 0 saturated carbocycles. The lowest BCUT2D eigenvalue weighted by Crippen LogP contribution is -2.37. The van der Waals surface area contributed by atoms with E-state index in [4.69, 9.17) is 9.47 Å². The lowest BCUT2D eigenvalue weighted by molar-refractivity contribution is -0.132. The Balaban J connectivity index is 1.26. The number of hydrogen-bond acceptors (Lipinski definition) is 5. The van der Waals surface area contributed by atoms with Crippen LogP contribution in [-0.2, 0) is 19.1 Å². The van der Waals surface area contributed by atoms with Gasteiger partial charge in [-0.25, -0.2) is 0 Å². The van der Waals surface area contributed by atoms with Gasteiger partial charge in [0.15, 0.2) is 6.61 Å². The maximum Gasteiger partial charge on any atom is 0.260 e. The monoisotopic (exact) mass is 415 g/mol. The second-order valence-electron chi connectivity index (χ2n) is 8.16. The molecule has 1 N–H and O–H groups in total. The molecule has 3 saturated heterocycles. The Morgan fingerprint density at radius 3 is 2.60 bits per heavy atom. The highest BCUT2D eigenvalue weighted by Gasteiger charge is 2.35. The van der Waals surface area contributed by atoms with E-state index >= 15 is 0 Å². The maximum absolute atomic E-state index is 12.4. The molecule has 4 rings (SSSR count). The number of anilines is 1. The lowest BCUT2D eigenvalue weighted by atomic mass is 10.1. The Morgan fingerprint density at radius 1 is 1.13 bits per heavy atom. The highest BCUT2D eigenvalue weighted by Crippen LogP contribution is 2.27. The molecule has 8 heteroatoms. The van der Waals surface area contributed by atoms with E-state index in [2.05, 4.69) is 5.32 Å². The van der Waals surface area contributed by atoms with Gasteiger partial charge in [-0.3, -0.25) is 14.4 Å². The zero-order chi connectivity index (χ0) is 20.9. The number of carbonyl (C=O) groups excluding carboxylic acids is 3. The summed E-state index contributed by atoms with van der Waals surface area (Å²) in [7, 11) is 0. The van der Waals surface area contributed by atoms with Crippen LogP contribution in [0, 0.1) is 5.92 Å². The predicted molar refractivity (Wildman–Crippen MR) is 110 cm³/mol. The minimum atomic E-state index is -0.354. The molecule has 162 valence electrons. The first-order valence-electron chi connectivity index (χ1n) is 10.8. The molecule has 3 fully saturated rings. The molecule has 3 amide bonds. The standard InChI is InChI=1S/C22H29N3O5/c26-20-12-16(22(28)23-13-19-4-3-11-29-19)14-25(20)17-5-7-18(8-6-17)30-15-21(27)24-9-1-2-10-24/h5-8,16,19H,1-4,9-15H2,(H,23,28)/t16-,19+/m1/s1. The van der Waals surface area contributed by atoms with E-state index in [9.17, 15) is 14.4 Å². The van der Waals surface area contributed by atoms with Crippen molar-refractivity contribution in [1.82, 2.24) is 10.2 Å². The van der Waals surface area contributed by atoms with Crippen LogP contribution in [0.2, 0.25) is 0 Å². The fourth-order valence-corrected chi connectivity index (χ4v) is 4.22. The highest BCUT2D eigenvalue weighted by molar-refractivity contribution is 6.00. The maximum atomic E-state index is 12.4. The summed E-state index contributed by atoms with van der Waals surface area (Å²) in [6.07, 6.45) is 4.40. The minimum absolute atomic E-state index is 0.00292. The summed E-state index contributed by atoms with van der Waals surface area (Å²) in [6.45, 7) is 3.26. The number of amides is 3. The number of nitrogens with zero attached hydrogens (tertiary/aromatic N) is 2. The van der Waals surface area contributed by atoms with Crippen LogP contribution >= 0.6 is 0 Å². The van der Waals surface area contributed by atoms with Crippen LogP contribution < -0.4 is 15.0 Å². The molecule has 0 radical (unpaired) electrons. The van der Waals surface area contributed by atoms with Gasteiger partial charge < -0.3 is 24.6 Å². The third-order valence-electron chi connectivity index (χ3n) is 5.99. The van der Waals surface area contributed by atoms with Crippen LogP contribution in [-0.4, -0.2) is 68.1 Å². The van der Waals surface area contributed by atoms with E-state index in [0.29, 0.717) is 18.8 Å². The van der Waals surface area contributed by atoms with E-state index < -0.39 is 0 Å². The van der Waals surface area contributed by atoms with Gasteiger partial charge in [0.05, 0.1) is 12.0 Å². The van der Waals surface area contributed by atoms with E-state index in [1.54, 1.807) is 29.2 Å². The highest BCUT2D eigenvalue weighted by atomic mass is 16.5. The molecule has 0 aromatic heterocycles. The molecule has 8 nitrogen and oxygen atoms in total. The van der Waals surface area contributed by atoms with Gasteiger partial charge in [-0.15, -0.1) is 0 Å². The van der Waals surface area contributed by atoms with Crippen LogP contribution in [0.25, 0.3) is 0 Å². The van der Waals surface area contributed by atoms with Gasteiger partial charge in [0.1, 0.15) is 5.75 Å². The second kappa shape index (κ2) is 9.47. The van der Waals surface area contributed by atoms with Crippen LogP contribution in [0.15, 0.2) is 24.3 Å². The summed E-state index contributed by atoms with van der Waals surface area (Å²) in [5.41, 5.74) is 0.729. The van der Waals surface area contributed by atoms with Gasteiger partial charge in [0, 0.05) is 44.9 Å². The van der Waals surface area contributed by atoms with Crippen LogP contribution in [0.3, 0.4) is 0 Å². The van der Waals surface area contributed by atoms with E-state index in [0.717, 1.165) is 51.1 Å². The molecule has 3 heterocycles. The number of nitrogens with one attached hydrogen (secondary N) is 1. The van der Waals surface area contributed by atoms with Crippen molar-refractivity contribution in [2.45, 2.75) is 38.2 Å². The molecule has 0 unspecified atom stereocenters. The quantitative estimate of drug-likeness (QED) is 0.726. The first kappa shape index (κ1) is 20.7. The Bertz CT molecular complexity index is 769. The molecular weight excluding hydrogens is 386 g/mol. The topological polar surface area (TPSA) is 88.2 Å². The van der Waals surface area contributed by atoms with Gasteiger partial charge >= 0.3 is 0 Å². The molecule has 30 heavy (non-hydrogen) atoms. The predicted octanol–water partition coefficient (Wildman–Crippen LogP) is 1.34. The molecule has 2 atom stereocenters. The molecule has 1 aromatic carbocycles. The van der Waals surface area contributed by atoms with Gasteiger partial charge in [0.25, 0.3) is 5.91 Å². The van der Waals surface area contributed by atoms with E-state index in [1.807, 2.05) is 4.90 Å². The fourth-order valence-electron chi connectivity index (χ4n) is 4.22. The minimum Gasteiger partial charge on any atom is -0.484 e. The Labute approximate surface area is 176 Å². The van der Waals surface area contributed by atoms with Crippen molar-refractivity contribution in [3.8, 4) is 5.75 Å². The van der Waals surface area contributed by atoms with Crippen molar-refractivity contribution in [3.05, 3.63) is 24.3 Å². The molecule has 3 aliphatic heterocycles. The zero-order valence-electron chi connectivity index (χ0n) is 17.2. The number of rotatable bonds is 7. The summed E-state index contributed by atoms with van der Waals surface area (Å²) in [5, 5.41) is 2.92. The summed E-state index contributed by atoms with van der Waals surface area (Å²) in [6, 6.07) is 7.09. The number of carbonyl (C=O) groups is 3. The Morgan fingerprint density at radius 2 is 1.90 bits per heavy atom. The van der Waals surface area contributed by atoms with Gasteiger partial charge in [0.2, 0.25) is 11.8 Å². The molecule has 0 spiro atoms. The number of hydrogen-bond donors (Lipinski definition) is 1. The zero-order valence-corrected chi connectivity index (χ0v) is 17.2. The fraction of sp³-hybridized carbons (Fsp3) is 0.591. The first-order chi connectivity index (χ1) is 14.6. The molecule has 0 aliphatic carbocycles. The summed E-state index contributed by atoms with van der Waals surface area (Å²) < 4.78 is 11.1. The van der Waals surface area contributed by atoms with Crippen LogP contribution in [0.5, 0.6) is 5.75 Å². The number of ether oxygens (including phenoxy) is 2. The van der Waals surface area contributed by atoms with Crippen LogP contribution in [0.4, 0.5) is 5.69 Å². The van der Waals surface area contributed by atoms with E-state index in [1.165, 1.54) is 0 Å². The summed E-state index contributed by atoms with van der Waals surface area (Å²) in [4.78, 5) is 40.4. The van der Waals surface area contributed by atoms with E-state index in [-0.39, 0.29) is 42.8 Å². The SMILES string of the molecule is O=C(NC[C@@H]1CCCO1)[C@@H]1CC(=O)N(c2ccc(OCC(=O)N3CCCC3)cc2)C1. The molecular formula is C22H29N3O5. The van der Waals surface area contributed by atoms with Gasteiger partial charge in [-0.1, -0.05) is 0 Å². The average Bonchev–Trinajstić information content (AvgIpc) is 3.52. The van der Waals surface area contributed by atoms with Crippen molar-refractivity contribution in [2.24, 2.45) is 5.92 Å². The third kappa shape index (κ3) is 4.92. The summed E-state index contributed by atoms with van der Waals surface area (Å²) in [5.74, 6) is 0.0757. The second-order valence-corrected chi connectivity index (χ2v) is 8.16. The van der Waals surface area contributed by atoms with Crippen molar-refractivity contribution in [3.63, 3.8) is 0 Å². The van der Waals surface area contributed by atoms with Crippen molar-refractivity contribution in [2.75, 3.05) is 44.3 Å². The number of benzene rings is 1. The van der Waals surface area contributed by atoms with Gasteiger partial charge in [-0.2, -0.15) is 0 Å². The third-order valence-corrected chi connectivity index (χ3v) is 5.99. The lowest BCUT2D eigenvalue weighted by Gasteiger charge is -2.18. The van der Waals surface area contributed by atoms with Crippen molar-refractivity contribution < 1.29 is 23.9 Å². The van der Waals surface area contributed by atoms with Crippen molar-refractivity contribution >= 4 is 23.4 Å². The Kier molecular flexibility index (Phi) is 6.52. The van der Waals surface area contributed by atoms with Crippen LogP contribution in [0.1, 0.15) is 32.1 Å². The van der Waals surface area contributed by atoms with Gasteiger partial charge in [-0.05, 0) is 49.9 Å². The average molecular weight is 415 g/mol. The normalized spacial score (nSPS) is 23.8. The molecule has 1 aromatic rings. The smallest absolute Gasteiger partial charge is 0.260 e. The largest absolute Gasteiger partial charge is 0.484 e. The number of likely N-dealkylation sites (tertiary alicyclic amines) is 1. The first-order valence-corrected chi connectivity index (χ1v) is 10.8. The molecule has 0 bridgehead atoms. The Hall–Kier alpha value is -2.61.